The Morgan fingerprint density at radius 1 is 1.06 bits per heavy atom. The summed E-state index contributed by atoms with van der Waals surface area (Å²) in [5, 5.41) is 33.1. The van der Waals surface area contributed by atoms with Gasteiger partial charge in [-0.25, -0.2) is 17.9 Å². The first-order valence-corrected chi connectivity index (χ1v) is 11.4. The van der Waals surface area contributed by atoms with Crippen molar-refractivity contribution in [1.29, 1.82) is 0 Å². The summed E-state index contributed by atoms with van der Waals surface area (Å²) in [4.78, 5) is 0. The Labute approximate surface area is 211 Å². The van der Waals surface area contributed by atoms with Gasteiger partial charge in [0, 0.05) is 17.5 Å². The van der Waals surface area contributed by atoms with Crippen molar-refractivity contribution in [3.8, 4) is 22.4 Å². The van der Waals surface area contributed by atoms with Crippen LogP contribution in [0.5, 0.6) is 0 Å². The van der Waals surface area contributed by atoms with Crippen LogP contribution in [0.4, 0.5) is 13.2 Å². The van der Waals surface area contributed by atoms with Gasteiger partial charge in [-0.1, -0.05) is 39.6 Å². The van der Waals surface area contributed by atoms with E-state index in [4.69, 9.17) is 32.5 Å². The topological polar surface area (TPSA) is 106 Å². The second-order valence-electron chi connectivity index (χ2n) is 8.21. The molecule has 1 aliphatic heterocycles. The van der Waals surface area contributed by atoms with Crippen LogP contribution in [0.25, 0.3) is 22.4 Å². The van der Waals surface area contributed by atoms with Crippen LogP contribution in [0.3, 0.4) is 0 Å². The highest BCUT2D eigenvalue weighted by Crippen LogP contribution is 2.42. The monoisotopic (exact) mass is 540 g/mol. The fraction of sp³-hybridized carbons (Fsp3) is 0.261. The molecule has 8 nitrogen and oxygen atoms in total. The maximum atomic E-state index is 13.7. The predicted molar refractivity (Wildman–Crippen MR) is 122 cm³/mol. The van der Waals surface area contributed by atoms with Crippen LogP contribution >= 0.6 is 23.2 Å². The van der Waals surface area contributed by atoms with Gasteiger partial charge in [-0.3, -0.25) is 0 Å². The molecule has 2 aromatic heterocycles. The third-order valence-corrected chi connectivity index (χ3v) is 6.74. The summed E-state index contributed by atoms with van der Waals surface area (Å²) >= 11 is 12.2. The van der Waals surface area contributed by atoms with Gasteiger partial charge < -0.3 is 19.5 Å². The number of halogens is 5. The number of rotatable bonds is 5. The van der Waals surface area contributed by atoms with Crippen molar-refractivity contribution in [2.75, 3.05) is 6.61 Å². The van der Waals surface area contributed by atoms with E-state index >= 15 is 0 Å². The van der Waals surface area contributed by atoms with E-state index in [0.29, 0.717) is 26.9 Å². The summed E-state index contributed by atoms with van der Waals surface area (Å²) in [6, 6.07) is 5.81. The molecule has 1 aliphatic rings. The summed E-state index contributed by atoms with van der Waals surface area (Å²) in [5.74, 6) is -4.01. The Bertz CT molecular complexity index is 1390. The van der Waals surface area contributed by atoms with E-state index in [1.165, 1.54) is 17.1 Å². The molecule has 4 aromatic rings. The van der Waals surface area contributed by atoms with E-state index in [9.17, 15) is 23.4 Å². The summed E-state index contributed by atoms with van der Waals surface area (Å²) < 4.78 is 53.4. The molecular weight excluding hydrogens is 524 g/mol. The third-order valence-electron chi connectivity index (χ3n) is 6.00. The van der Waals surface area contributed by atoms with Gasteiger partial charge in [-0.05, 0) is 29.8 Å². The van der Waals surface area contributed by atoms with E-state index in [1.54, 1.807) is 18.2 Å². The molecule has 1 fully saturated rings. The maximum Gasteiger partial charge on any atom is 0.194 e. The smallest absolute Gasteiger partial charge is 0.194 e. The van der Waals surface area contributed by atoms with Crippen LogP contribution in [0, 0.1) is 17.5 Å². The molecule has 4 unspecified atom stereocenters. The highest BCUT2D eigenvalue weighted by atomic mass is 35.5. The first-order chi connectivity index (χ1) is 17.3. The Morgan fingerprint density at radius 3 is 2.50 bits per heavy atom. The minimum Gasteiger partial charge on any atom is -0.394 e. The second kappa shape index (κ2) is 9.83. The van der Waals surface area contributed by atoms with Crippen molar-refractivity contribution in [2.45, 2.75) is 30.8 Å². The zero-order valence-corrected chi connectivity index (χ0v) is 19.7. The lowest BCUT2D eigenvalue weighted by Crippen LogP contribution is -2.45. The molecule has 1 saturated heterocycles. The average Bonchev–Trinajstić information content (AvgIpc) is 3.54. The summed E-state index contributed by atoms with van der Waals surface area (Å²) in [7, 11) is 0. The number of aliphatic hydroxyl groups excluding tert-OH is 2. The van der Waals surface area contributed by atoms with Gasteiger partial charge in [-0.15, -0.1) is 5.10 Å². The zero-order valence-electron chi connectivity index (χ0n) is 18.2. The lowest BCUT2D eigenvalue weighted by molar-refractivity contribution is -0.163. The lowest BCUT2D eigenvalue weighted by Gasteiger charge is -2.37. The molecule has 0 amide bonds. The van der Waals surface area contributed by atoms with Crippen molar-refractivity contribution in [2.24, 2.45) is 0 Å². The normalized spacial score (nSPS) is 22.2. The molecule has 0 aliphatic carbocycles. The summed E-state index contributed by atoms with van der Waals surface area (Å²) in [6.45, 7) is -0.514. The molecule has 2 aromatic carbocycles. The van der Waals surface area contributed by atoms with E-state index in [0.717, 1.165) is 12.1 Å². The number of nitrogens with zero attached hydrogens (tertiary/aromatic N) is 4. The number of hydrogen-bond acceptors (Lipinski definition) is 7. The minimum atomic E-state index is -1.59. The first kappa shape index (κ1) is 24.7. The molecule has 0 radical (unpaired) electrons. The predicted octanol–water partition coefficient (Wildman–Crippen LogP) is 4.75. The van der Waals surface area contributed by atoms with Crippen LogP contribution < -0.4 is 0 Å². The van der Waals surface area contributed by atoms with Gasteiger partial charge in [-0.2, -0.15) is 0 Å². The van der Waals surface area contributed by atoms with Crippen LogP contribution in [0.2, 0.25) is 10.0 Å². The van der Waals surface area contributed by atoms with Crippen LogP contribution in [0.15, 0.2) is 47.2 Å². The molecule has 5 rings (SSSR count). The van der Waals surface area contributed by atoms with E-state index < -0.39 is 48.4 Å². The highest BCUT2D eigenvalue weighted by Gasteiger charge is 2.42. The molecule has 2 N–H and O–H groups in total. The van der Waals surface area contributed by atoms with Gasteiger partial charge in [0.25, 0.3) is 0 Å². The number of benzene rings is 2. The molecule has 4 atom stereocenters. The molecule has 0 saturated carbocycles. The first-order valence-electron chi connectivity index (χ1n) is 10.7. The number of hydrogen-bond donors (Lipinski definition) is 2. The fourth-order valence-electron chi connectivity index (χ4n) is 4.17. The van der Waals surface area contributed by atoms with E-state index in [-0.39, 0.29) is 17.7 Å². The lowest BCUT2D eigenvalue weighted by atomic mass is 9.92. The molecule has 0 spiro atoms. The summed E-state index contributed by atoms with van der Waals surface area (Å²) in [5.41, 5.74) is 1.25. The van der Waals surface area contributed by atoms with Crippen molar-refractivity contribution in [1.82, 2.24) is 20.2 Å². The van der Waals surface area contributed by atoms with Crippen LogP contribution in [-0.2, 0) is 4.74 Å². The number of ether oxygens (including phenoxy) is 1. The van der Waals surface area contributed by atoms with E-state index in [1.807, 2.05) is 0 Å². The van der Waals surface area contributed by atoms with Crippen molar-refractivity contribution >= 4 is 23.2 Å². The standard InChI is InChI=1S/C23H17Cl2F3N4O4/c24-13-2-1-10(3-14(13)25)12-7-29-36-23(12)19-6-18(22(34)20(9-33)35-19)32-8-17(30-31-32)11-4-15(26)21(28)16(27)5-11/h1-5,7-8,18-20,22,33-34H,6,9H2. The Balaban J connectivity index is 1.47. The molecule has 188 valence electrons. The molecule has 36 heavy (non-hydrogen) atoms. The highest BCUT2D eigenvalue weighted by molar-refractivity contribution is 6.42. The van der Waals surface area contributed by atoms with E-state index in [2.05, 4.69) is 15.5 Å². The minimum absolute atomic E-state index is 0.0356. The number of aliphatic hydroxyl groups is 2. The molecule has 13 heteroatoms. The number of aromatic nitrogens is 4. The largest absolute Gasteiger partial charge is 0.394 e. The van der Waals surface area contributed by atoms with Crippen LogP contribution in [0.1, 0.15) is 24.3 Å². The quantitative estimate of drug-likeness (QED) is 0.352. The molecular formula is C23H17Cl2F3N4O4. The van der Waals surface area contributed by atoms with Crippen molar-refractivity contribution in [3.05, 3.63) is 76.0 Å². The van der Waals surface area contributed by atoms with Crippen molar-refractivity contribution in [3.63, 3.8) is 0 Å². The average molecular weight is 541 g/mol. The summed E-state index contributed by atoms with van der Waals surface area (Å²) in [6.07, 6.45) is -0.0337. The second-order valence-corrected chi connectivity index (χ2v) is 9.02. The van der Waals surface area contributed by atoms with Gasteiger partial charge in [0.15, 0.2) is 23.2 Å². The Morgan fingerprint density at radius 2 is 1.81 bits per heavy atom. The van der Waals surface area contributed by atoms with Crippen molar-refractivity contribution < 1.29 is 32.6 Å². The Kier molecular flexibility index (Phi) is 6.75. The Hall–Kier alpha value is -2.96. The SMILES string of the molecule is OCC1OC(c2oncc2-c2ccc(Cl)c(Cl)c2)CC(n2cc(-c3cc(F)c(F)c(F)c3)nn2)C1O. The third kappa shape index (κ3) is 4.48. The van der Waals surface area contributed by atoms with Gasteiger partial charge >= 0.3 is 0 Å². The molecule has 3 heterocycles. The maximum absolute atomic E-state index is 13.7. The zero-order chi connectivity index (χ0) is 25.6. The van der Waals surface area contributed by atoms with Gasteiger partial charge in [0.2, 0.25) is 0 Å². The molecule has 0 bridgehead atoms. The van der Waals surface area contributed by atoms with Gasteiger partial charge in [0.05, 0.1) is 35.1 Å². The van der Waals surface area contributed by atoms with Crippen LogP contribution in [-0.4, -0.2) is 49.2 Å². The van der Waals surface area contributed by atoms with Gasteiger partial charge in [0.1, 0.15) is 24.0 Å². The fourth-order valence-corrected chi connectivity index (χ4v) is 4.47.